The third kappa shape index (κ3) is 4.41. The first-order chi connectivity index (χ1) is 15.4. The minimum Gasteiger partial charge on any atom is -0.497 e. The Morgan fingerprint density at radius 2 is 2.12 bits per heavy atom. The van der Waals surface area contributed by atoms with Gasteiger partial charge in [0.1, 0.15) is 11.6 Å². The number of aromatic nitrogens is 3. The fourth-order valence-electron chi connectivity index (χ4n) is 4.21. The summed E-state index contributed by atoms with van der Waals surface area (Å²) >= 11 is 0. The zero-order valence-electron chi connectivity index (χ0n) is 19.5. The molecule has 8 heteroatoms. The van der Waals surface area contributed by atoms with E-state index in [2.05, 4.69) is 59.1 Å². The van der Waals surface area contributed by atoms with Gasteiger partial charge in [-0.3, -0.25) is 9.78 Å². The molecule has 2 aromatic heterocycles. The van der Waals surface area contributed by atoms with E-state index in [-0.39, 0.29) is 11.5 Å². The number of ether oxygens (including phenoxy) is 1. The van der Waals surface area contributed by atoms with Gasteiger partial charge in [0, 0.05) is 44.0 Å². The van der Waals surface area contributed by atoms with E-state index in [0.29, 0.717) is 29.1 Å². The van der Waals surface area contributed by atoms with Crippen molar-refractivity contribution in [2.24, 2.45) is 0 Å². The lowest BCUT2D eigenvalue weighted by molar-refractivity contribution is 0.414. The van der Waals surface area contributed by atoms with Crippen molar-refractivity contribution in [2.75, 3.05) is 51.1 Å². The Labute approximate surface area is 188 Å². The molecule has 0 bridgehead atoms. The molecule has 0 aliphatic carbocycles. The number of H-pyrrole nitrogens is 1. The van der Waals surface area contributed by atoms with Crippen molar-refractivity contribution in [2.45, 2.75) is 32.7 Å². The second-order valence-corrected chi connectivity index (χ2v) is 8.85. The highest BCUT2D eigenvalue weighted by molar-refractivity contribution is 5.84. The van der Waals surface area contributed by atoms with Crippen molar-refractivity contribution >= 4 is 22.7 Å². The first-order valence-electron chi connectivity index (χ1n) is 11.1. The molecule has 0 spiro atoms. The smallest absolute Gasteiger partial charge is 0.260 e. The van der Waals surface area contributed by atoms with Gasteiger partial charge < -0.3 is 19.9 Å². The summed E-state index contributed by atoms with van der Waals surface area (Å²) in [7, 11) is 5.76. The number of anilines is 2. The summed E-state index contributed by atoms with van der Waals surface area (Å²) in [5.74, 6) is 2.45. The predicted octanol–water partition coefficient (Wildman–Crippen LogP) is 2.99. The Bertz CT molecular complexity index is 1170. The standard InChI is InChI=1S/C24H32N6O2/c1-15(2)19-12-17(32-5)13-20-21(19)23(31)28-24(27-20)30-10-7-18-16(14-30)6-8-25-22(18)26-9-11-29(3)4/h6,8,12-13,15H,7,9-11,14H2,1-5H3,(H,25,26)(H,27,28,31). The molecule has 3 aromatic rings. The summed E-state index contributed by atoms with van der Waals surface area (Å²) < 4.78 is 5.46. The van der Waals surface area contributed by atoms with Gasteiger partial charge in [-0.15, -0.1) is 0 Å². The lowest BCUT2D eigenvalue weighted by Gasteiger charge is -2.30. The number of benzene rings is 1. The molecule has 0 saturated carbocycles. The molecule has 1 aliphatic rings. The van der Waals surface area contributed by atoms with Crippen molar-refractivity contribution < 1.29 is 4.74 Å². The minimum absolute atomic E-state index is 0.108. The van der Waals surface area contributed by atoms with E-state index >= 15 is 0 Å². The number of pyridine rings is 1. The van der Waals surface area contributed by atoms with E-state index < -0.39 is 0 Å². The van der Waals surface area contributed by atoms with Gasteiger partial charge in [-0.1, -0.05) is 13.8 Å². The number of hydrogen-bond acceptors (Lipinski definition) is 7. The van der Waals surface area contributed by atoms with Crippen LogP contribution in [0.25, 0.3) is 10.9 Å². The normalized spacial score (nSPS) is 13.7. The van der Waals surface area contributed by atoms with E-state index in [1.54, 1.807) is 7.11 Å². The summed E-state index contributed by atoms with van der Waals surface area (Å²) in [6.07, 6.45) is 2.68. The number of nitrogens with zero attached hydrogens (tertiary/aromatic N) is 4. The van der Waals surface area contributed by atoms with Crippen LogP contribution >= 0.6 is 0 Å². The van der Waals surface area contributed by atoms with Crippen LogP contribution in [0.15, 0.2) is 29.2 Å². The molecule has 3 heterocycles. The average molecular weight is 437 g/mol. The first-order valence-corrected chi connectivity index (χ1v) is 11.1. The van der Waals surface area contributed by atoms with Crippen LogP contribution in [0.1, 0.15) is 36.5 Å². The van der Waals surface area contributed by atoms with Crippen molar-refractivity contribution in [1.82, 2.24) is 19.9 Å². The Kier molecular flexibility index (Phi) is 6.32. The van der Waals surface area contributed by atoms with Crippen molar-refractivity contribution in [3.05, 3.63) is 51.4 Å². The maximum atomic E-state index is 13.1. The van der Waals surface area contributed by atoms with Crippen molar-refractivity contribution in [3.63, 3.8) is 0 Å². The zero-order valence-corrected chi connectivity index (χ0v) is 19.5. The van der Waals surface area contributed by atoms with Crippen LogP contribution in [0, 0.1) is 0 Å². The summed E-state index contributed by atoms with van der Waals surface area (Å²) in [4.78, 5) is 29.7. The predicted molar refractivity (Wildman–Crippen MR) is 129 cm³/mol. The highest BCUT2D eigenvalue weighted by atomic mass is 16.5. The second kappa shape index (κ2) is 9.16. The molecule has 8 nitrogen and oxygen atoms in total. The third-order valence-corrected chi connectivity index (χ3v) is 5.95. The Hall–Kier alpha value is -3.13. The maximum Gasteiger partial charge on any atom is 0.260 e. The van der Waals surface area contributed by atoms with Gasteiger partial charge in [-0.2, -0.15) is 0 Å². The number of fused-ring (bicyclic) bond motifs is 2. The maximum absolute atomic E-state index is 13.1. The van der Waals surface area contributed by atoms with Crippen LogP contribution in [0.2, 0.25) is 0 Å². The molecule has 0 fully saturated rings. The molecule has 32 heavy (non-hydrogen) atoms. The van der Waals surface area contributed by atoms with Crippen LogP contribution in [0.4, 0.5) is 11.8 Å². The van der Waals surface area contributed by atoms with Crippen LogP contribution in [0.5, 0.6) is 5.75 Å². The SMILES string of the molecule is COc1cc(C(C)C)c2c(=O)[nH]c(N3CCc4c(ccnc4NCCN(C)C)C3)nc2c1. The molecular formula is C24H32N6O2. The van der Waals surface area contributed by atoms with E-state index in [1.165, 1.54) is 11.1 Å². The van der Waals surface area contributed by atoms with E-state index in [0.717, 1.165) is 37.4 Å². The lowest BCUT2D eigenvalue weighted by Crippen LogP contribution is -2.34. The number of likely N-dealkylation sites (N-methyl/N-ethyl adjacent to an activating group) is 1. The molecule has 0 atom stereocenters. The molecule has 1 aliphatic heterocycles. The first kappa shape index (κ1) is 22.1. The molecule has 2 N–H and O–H groups in total. The van der Waals surface area contributed by atoms with Crippen LogP contribution < -0.4 is 20.5 Å². The molecule has 170 valence electrons. The molecule has 0 amide bonds. The third-order valence-electron chi connectivity index (χ3n) is 5.95. The topological polar surface area (TPSA) is 86.4 Å². The van der Waals surface area contributed by atoms with Gasteiger partial charge in [-0.05, 0) is 49.7 Å². The molecule has 0 unspecified atom stereocenters. The van der Waals surface area contributed by atoms with Gasteiger partial charge in [-0.25, -0.2) is 9.97 Å². The monoisotopic (exact) mass is 436 g/mol. The Morgan fingerprint density at radius 1 is 1.31 bits per heavy atom. The molecule has 0 radical (unpaired) electrons. The van der Waals surface area contributed by atoms with Gasteiger partial charge in [0.15, 0.2) is 0 Å². The fourth-order valence-corrected chi connectivity index (χ4v) is 4.21. The molecular weight excluding hydrogens is 404 g/mol. The highest BCUT2D eigenvalue weighted by Gasteiger charge is 2.22. The molecule has 0 saturated heterocycles. The van der Waals surface area contributed by atoms with Gasteiger partial charge >= 0.3 is 0 Å². The number of aromatic amines is 1. The summed E-state index contributed by atoms with van der Waals surface area (Å²) in [5.41, 5.74) is 3.95. The van der Waals surface area contributed by atoms with E-state index in [1.807, 2.05) is 18.3 Å². The minimum atomic E-state index is -0.108. The molecule has 1 aromatic carbocycles. The van der Waals surface area contributed by atoms with Gasteiger partial charge in [0.2, 0.25) is 5.95 Å². The second-order valence-electron chi connectivity index (χ2n) is 8.85. The van der Waals surface area contributed by atoms with Crippen LogP contribution in [-0.4, -0.2) is 60.7 Å². The summed E-state index contributed by atoms with van der Waals surface area (Å²) in [6.45, 7) is 7.37. The number of nitrogens with one attached hydrogen (secondary N) is 2. The average Bonchev–Trinajstić information content (AvgIpc) is 2.77. The number of hydrogen-bond donors (Lipinski definition) is 2. The lowest BCUT2D eigenvalue weighted by atomic mass is 9.98. The summed E-state index contributed by atoms with van der Waals surface area (Å²) in [5, 5.41) is 4.10. The van der Waals surface area contributed by atoms with Crippen molar-refractivity contribution in [3.8, 4) is 5.75 Å². The van der Waals surface area contributed by atoms with E-state index in [9.17, 15) is 4.79 Å². The highest BCUT2D eigenvalue weighted by Crippen LogP contribution is 2.30. The van der Waals surface area contributed by atoms with Gasteiger partial charge in [0.05, 0.1) is 18.0 Å². The number of methoxy groups -OCH3 is 1. The quantitative estimate of drug-likeness (QED) is 0.589. The number of rotatable bonds is 7. The molecule has 4 rings (SSSR count). The van der Waals surface area contributed by atoms with E-state index in [4.69, 9.17) is 9.72 Å². The largest absolute Gasteiger partial charge is 0.497 e. The van der Waals surface area contributed by atoms with Gasteiger partial charge in [0.25, 0.3) is 5.56 Å². The van der Waals surface area contributed by atoms with Crippen LogP contribution in [0.3, 0.4) is 0 Å². The summed E-state index contributed by atoms with van der Waals surface area (Å²) in [6, 6.07) is 5.82. The Balaban J connectivity index is 1.65. The zero-order chi connectivity index (χ0) is 22.8. The fraction of sp³-hybridized carbons (Fsp3) is 0.458. The Morgan fingerprint density at radius 3 is 2.84 bits per heavy atom. The van der Waals surface area contributed by atoms with Crippen molar-refractivity contribution in [1.29, 1.82) is 0 Å². The van der Waals surface area contributed by atoms with Crippen LogP contribution in [-0.2, 0) is 13.0 Å².